The van der Waals surface area contributed by atoms with Crippen molar-refractivity contribution in [2.45, 2.75) is 32.6 Å². The zero-order valence-electron chi connectivity index (χ0n) is 11.2. The number of ether oxygens (including phenoxy) is 1. The molecule has 0 bridgehead atoms. The van der Waals surface area contributed by atoms with Crippen molar-refractivity contribution < 1.29 is 4.74 Å². The van der Waals surface area contributed by atoms with Gasteiger partial charge in [0.05, 0.1) is 6.61 Å². The summed E-state index contributed by atoms with van der Waals surface area (Å²) in [7, 11) is 0. The molecule has 3 heteroatoms. The molecule has 18 heavy (non-hydrogen) atoms. The summed E-state index contributed by atoms with van der Waals surface area (Å²) in [5.41, 5.74) is 1.20. The smallest absolute Gasteiger partial charge is 0.122 e. The zero-order valence-corrected chi connectivity index (χ0v) is 12.0. The molecule has 2 nitrogen and oxygen atoms in total. The van der Waals surface area contributed by atoms with Crippen molar-refractivity contribution in [2.24, 2.45) is 5.92 Å². The first kappa shape index (κ1) is 13.7. The molecule has 0 amide bonds. The van der Waals surface area contributed by atoms with E-state index in [1.807, 2.05) is 18.2 Å². The lowest BCUT2D eigenvalue weighted by atomic mass is 10.00. The third kappa shape index (κ3) is 3.63. The summed E-state index contributed by atoms with van der Waals surface area (Å²) in [4.78, 5) is 0. The Kier molecular flexibility index (Phi) is 4.90. The van der Waals surface area contributed by atoms with E-state index >= 15 is 0 Å². The molecule has 2 rings (SSSR count). The standard InChI is InChI=1S/C15H22ClNO/c1-11(2)14-8-13(16)5-6-15(14)18-10-12-4-3-7-17-9-12/h5-6,8,11-12,17H,3-4,7,9-10H2,1-2H3/t12-/m1/s1. The van der Waals surface area contributed by atoms with E-state index in [-0.39, 0.29) is 0 Å². The van der Waals surface area contributed by atoms with Crippen molar-refractivity contribution >= 4 is 11.6 Å². The highest BCUT2D eigenvalue weighted by molar-refractivity contribution is 6.30. The Morgan fingerprint density at radius 3 is 2.94 bits per heavy atom. The topological polar surface area (TPSA) is 21.3 Å². The first-order chi connectivity index (χ1) is 8.66. The zero-order chi connectivity index (χ0) is 13.0. The number of rotatable bonds is 4. The van der Waals surface area contributed by atoms with Gasteiger partial charge >= 0.3 is 0 Å². The van der Waals surface area contributed by atoms with Crippen LogP contribution >= 0.6 is 11.6 Å². The average molecular weight is 268 g/mol. The Morgan fingerprint density at radius 2 is 2.28 bits per heavy atom. The van der Waals surface area contributed by atoms with Gasteiger partial charge in [0.25, 0.3) is 0 Å². The molecule has 1 aromatic rings. The first-order valence-electron chi connectivity index (χ1n) is 6.80. The van der Waals surface area contributed by atoms with E-state index in [1.54, 1.807) is 0 Å². The molecule has 0 aromatic heterocycles. The Hall–Kier alpha value is -0.730. The monoisotopic (exact) mass is 267 g/mol. The second-order valence-corrected chi connectivity index (χ2v) is 5.80. The van der Waals surface area contributed by atoms with Crippen molar-refractivity contribution in [1.29, 1.82) is 0 Å². The number of halogens is 1. The van der Waals surface area contributed by atoms with E-state index in [0.29, 0.717) is 11.8 Å². The Morgan fingerprint density at radius 1 is 1.44 bits per heavy atom. The largest absolute Gasteiger partial charge is 0.493 e. The van der Waals surface area contributed by atoms with Gasteiger partial charge in [-0.05, 0) is 49.1 Å². The molecule has 0 aliphatic carbocycles. The fraction of sp³-hybridized carbons (Fsp3) is 0.600. The van der Waals surface area contributed by atoms with Crippen molar-refractivity contribution in [3.05, 3.63) is 28.8 Å². The van der Waals surface area contributed by atoms with E-state index < -0.39 is 0 Å². The lowest BCUT2D eigenvalue weighted by Crippen LogP contribution is -2.33. The molecule has 0 saturated carbocycles. The van der Waals surface area contributed by atoms with Crippen LogP contribution in [0.2, 0.25) is 5.02 Å². The van der Waals surface area contributed by atoms with E-state index in [9.17, 15) is 0 Å². The van der Waals surface area contributed by atoms with Crippen molar-refractivity contribution in [2.75, 3.05) is 19.7 Å². The van der Waals surface area contributed by atoms with Crippen molar-refractivity contribution in [3.63, 3.8) is 0 Å². The predicted molar refractivity (Wildman–Crippen MR) is 76.6 cm³/mol. The molecule has 0 radical (unpaired) electrons. The summed E-state index contributed by atoms with van der Waals surface area (Å²) < 4.78 is 5.99. The maximum atomic E-state index is 6.04. The third-order valence-electron chi connectivity index (χ3n) is 3.47. The van der Waals surface area contributed by atoms with Crippen LogP contribution < -0.4 is 10.1 Å². The number of benzene rings is 1. The van der Waals surface area contributed by atoms with Gasteiger partial charge in [-0.2, -0.15) is 0 Å². The van der Waals surface area contributed by atoms with Gasteiger partial charge in [0.2, 0.25) is 0 Å². The van der Waals surface area contributed by atoms with Crippen LogP contribution in [0.25, 0.3) is 0 Å². The van der Waals surface area contributed by atoms with E-state index in [0.717, 1.165) is 30.5 Å². The maximum Gasteiger partial charge on any atom is 0.122 e. The lowest BCUT2D eigenvalue weighted by molar-refractivity contribution is 0.216. The molecular formula is C15H22ClNO. The molecule has 1 heterocycles. The van der Waals surface area contributed by atoms with E-state index in [4.69, 9.17) is 16.3 Å². The van der Waals surface area contributed by atoms with Gasteiger partial charge < -0.3 is 10.1 Å². The quantitative estimate of drug-likeness (QED) is 0.895. The van der Waals surface area contributed by atoms with Crippen molar-refractivity contribution in [3.8, 4) is 5.75 Å². The minimum absolute atomic E-state index is 0.434. The summed E-state index contributed by atoms with van der Waals surface area (Å²) in [6.07, 6.45) is 2.52. The van der Waals surface area contributed by atoms with Gasteiger partial charge in [-0.15, -0.1) is 0 Å². The third-order valence-corrected chi connectivity index (χ3v) is 3.70. The summed E-state index contributed by atoms with van der Waals surface area (Å²) in [6, 6.07) is 5.91. The van der Waals surface area contributed by atoms with Gasteiger partial charge in [0.15, 0.2) is 0 Å². The number of hydrogen-bond acceptors (Lipinski definition) is 2. The molecule has 100 valence electrons. The van der Waals surface area contributed by atoms with Crippen LogP contribution in [0.15, 0.2) is 18.2 Å². The molecule has 1 saturated heterocycles. The molecule has 1 fully saturated rings. The van der Waals surface area contributed by atoms with Gasteiger partial charge in [-0.1, -0.05) is 25.4 Å². The van der Waals surface area contributed by atoms with Crippen LogP contribution in [0.5, 0.6) is 5.75 Å². The summed E-state index contributed by atoms with van der Waals surface area (Å²) in [6.45, 7) is 7.36. The molecule has 1 aliphatic heterocycles. The SMILES string of the molecule is CC(C)c1cc(Cl)ccc1OC[C@@H]1CCCNC1. The molecule has 1 atom stereocenters. The maximum absolute atomic E-state index is 6.04. The lowest BCUT2D eigenvalue weighted by Gasteiger charge is -2.24. The fourth-order valence-electron chi connectivity index (χ4n) is 2.38. The highest BCUT2D eigenvalue weighted by Crippen LogP contribution is 2.29. The predicted octanol–water partition coefficient (Wildman–Crippen LogP) is 3.84. The Bertz CT molecular complexity index is 386. The van der Waals surface area contributed by atoms with E-state index in [2.05, 4.69) is 19.2 Å². The number of piperidine rings is 1. The fourth-order valence-corrected chi connectivity index (χ4v) is 2.56. The van der Waals surface area contributed by atoms with Gasteiger partial charge in [-0.25, -0.2) is 0 Å². The Labute approximate surface area is 115 Å². The van der Waals surface area contributed by atoms with Gasteiger partial charge in [0.1, 0.15) is 5.75 Å². The van der Waals surface area contributed by atoms with Gasteiger partial charge in [0, 0.05) is 17.5 Å². The minimum atomic E-state index is 0.434. The van der Waals surface area contributed by atoms with Crippen LogP contribution in [-0.2, 0) is 0 Å². The summed E-state index contributed by atoms with van der Waals surface area (Å²) in [5.74, 6) is 2.05. The van der Waals surface area contributed by atoms with Crippen LogP contribution in [0.4, 0.5) is 0 Å². The van der Waals surface area contributed by atoms with Crippen LogP contribution in [0.1, 0.15) is 38.2 Å². The van der Waals surface area contributed by atoms with Crippen molar-refractivity contribution in [1.82, 2.24) is 5.32 Å². The highest BCUT2D eigenvalue weighted by Gasteiger charge is 2.15. The van der Waals surface area contributed by atoms with Crippen LogP contribution in [-0.4, -0.2) is 19.7 Å². The molecule has 1 aromatic carbocycles. The summed E-state index contributed by atoms with van der Waals surface area (Å²) >= 11 is 6.04. The van der Waals surface area contributed by atoms with Gasteiger partial charge in [-0.3, -0.25) is 0 Å². The molecule has 0 spiro atoms. The minimum Gasteiger partial charge on any atom is -0.493 e. The summed E-state index contributed by atoms with van der Waals surface area (Å²) in [5, 5.41) is 4.20. The molecule has 1 aliphatic rings. The molecule has 0 unspecified atom stereocenters. The normalized spacial score (nSPS) is 20.1. The molecule has 1 N–H and O–H groups in total. The number of hydrogen-bond donors (Lipinski definition) is 1. The first-order valence-corrected chi connectivity index (χ1v) is 7.17. The van der Waals surface area contributed by atoms with E-state index in [1.165, 1.54) is 18.4 Å². The second kappa shape index (κ2) is 6.44. The van der Waals surface area contributed by atoms with Crippen LogP contribution in [0, 0.1) is 5.92 Å². The second-order valence-electron chi connectivity index (χ2n) is 5.36. The molecular weight excluding hydrogens is 246 g/mol. The average Bonchev–Trinajstić information content (AvgIpc) is 2.38. The Balaban J connectivity index is 1.99. The highest BCUT2D eigenvalue weighted by atomic mass is 35.5. The number of nitrogens with one attached hydrogen (secondary N) is 1. The van der Waals surface area contributed by atoms with Crippen LogP contribution in [0.3, 0.4) is 0 Å².